The van der Waals surface area contributed by atoms with Crippen LogP contribution >= 0.6 is 0 Å². The number of rotatable bonds is 3. The van der Waals surface area contributed by atoms with Crippen molar-refractivity contribution >= 4 is 0 Å². The zero-order valence-electron chi connectivity index (χ0n) is 14.2. The van der Waals surface area contributed by atoms with Gasteiger partial charge in [-0.05, 0) is 24.9 Å². The van der Waals surface area contributed by atoms with Gasteiger partial charge in [-0.3, -0.25) is 4.90 Å². The van der Waals surface area contributed by atoms with Crippen LogP contribution in [0.5, 0.6) is 0 Å². The maximum absolute atomic E-state index is 4.12. The van der Waals surface area contributed by atoms with Crippen LogP contribution in [0.2, 0.25) is 0 Å². The molecule has 1 fully saturated rings. The quantitative estimate of drug-likeness (QED) is 0.623. The molecule has 1 aromatic carbocycles. The second-order valence-corrected chi connectivity index (χ2v) is 6.73. The Bertz CT molecular complexity index is 398. The third kappa shape index (κ3) is 6.36. The van der Waals surface area contributed by atoms with E-state index in [-0.39, 0.29) is 0 Å². The fourth-order valence-electron chi connectivity index (χ4n) is 3.54. The molecule has 1 heterocycles. The summed E-state index contributed by atoms with van der Waals surface area (Å²) in [5.41, 5.74) is 1.43. The molecule has 1 aliphatic rings. The van der Waals surface area contributed by atoms with E-state index in [2.05, 4.69) is 47.9 Å². The minimum absolute atomic E-state index is 0.543. The number of benzene rings is 1. The predicted molar refractivity (Wildman–Crippen MR) is 97.0 cm³/mol. The third-order valence-electron chi connectivity index (χ3n) is 4.91. The monoisotopic (exact) mass is 299 g/mol. The van der Waals surface area contributed by atoms with Gasteiger partial charge in [0.25, 0.3) is 0 Å². The van der Waals surface area contributed by atoms with Gasteiger partial charge in [0.1, 0.15) is 0 Å². The summed E-state index contributed by atoms with van der Waals surface area (Å²) in [6, 6.07) is 11.5. The van der Waals surface area contributed by atoms with Gasteiger partial charge in [0.05, 0.1) is 0 Å². The van der Waals surface area contributed by atoms with Gasteiger partial charge in [0, 0.05) is 12.6 Å². The molecule has 0 radical (unpaired) electrons. The molecule has 0 amide bonds. The van der Waals surface area contributed by atoms with E-state index in [9.17, 15) is 0 Å². The van der Waals surface area contributed by atoms with E-state index < -0.39 is 0 Å². The average molecular weight is 300 g/mol. The Morgan fingerprint density at radius 3 is 2.09 bits per heavy atom. The van der Waals surface area contributed by atoms with Crippen molar-refractivity contribution in [3.63, 3.8) is 0 Å². The van der Waals surface area contributed by atoms with Crippen LogP contribution in [0, 0.1) is 0 Å². The van der Waals surface area contributed by atoms with E-state index in [1.807, 2.05) is 0 Å². The normalized spacial score (nSPS) is 23.0. The van der Waals surface area contributed by atoms with Crippen molar-refractivity contribution in [2.75, 3.05) is 6.54 Å². The molecule has 1 saturated heterocycles. The van der Waals surface area contributed by atoms with Crippen molar-refractivity contribution in [3.05, 3.63) is 48.6 Å². The van der Waals surface area contributed by atoms with Crippen LogP contribution in [0.15, 0.2) is 43.0 Å². The molecule has 0 bridgehead atoms. The lowest BCUT2D eigenvalue weighted by molar-refractivity contribution is 0.204. The smallest absolute Gasteiger partial charge is 0.0279 e. The molecule has 22 heavy (non-hydrogen) atoms. The Morgan fingerprint density at radius 1 is 0.864 bits per heavy atom. The first-order valence-corrected chi connectivity index (χ1v) is 9.30. The summed E-state index contributed by atoms with van der Waals surface area (Å²) >= 11 is 0. The van der Waals surface area contributed by atoms with Gasteiger partial charge >= 0.3 is 0 Å². The SMILES string of the molecule is C=CC1CCCCCCCCCCCN1Cc1ccccc1. The summed E-state index contributed by atoms with van der Waals surface area (Å²) < 4.78 is 0. The van der Waals surface area contributed by atoms with Crippen LogP contribution in [-0.4, -0.2) is 17.5 Å². The first-order chi connectivity index (χ1) is 10.9. The summed E-state index contributed by atoms with van der Waals surface area (Å²) in [6.45, 7) is 6.40. The van der Waals surface area contributed by atoms with E-state index in [1.54, 1.807) is 0 Å². The molecule has 2 rings (SSSR count). The van der Waals surface area contributed by atoms with Crippen LogP contribution in [0.3, 0.4) is 0 Å². The predicted octanol–water partition coefficient (Wildman–Crippen LogP) is 5.96. The van der Waals surface area contributed by atoms with Gasteiger partial charge < -0.3 is 0 Å². The number of hydrogen-bond acceptors (Lipinski definition) is 1. The van der Waals surface area contributed by atoms with Crippen LogP contribution in [-0.2, 0) is 6.54 Å². The summed E-state index contributed by atoms with van der Waals surface area (Å²) in [5.74, 6) is 0. The van der Waals surface area contributed by atoms with E-state index in [0.717, 1.165) is 6.54 Å². The zero-order chi connectivity index (χ0) is 15.5. The van der Waals surface area contributed by atoms with Crippen molar-refractivity contribution in [2.24, 2.45) is 0 Å². The van der Waals surface area contributed by atoms with Crippen LogP contribution in [0.1, 0.15) is 69.8 Å². The molecule has 0 aromatic heterocycles. The lowest BCUT2D eigenvalue weighted by Crippen LogP contribution is -2.34. The molecule has 1 aromatic rings. The van der Waals surface area contributed by atoms with E-state index in [0.29, 0.717) is 6.04 Å². The highest BCUT2D eigenvalue weighted by Crippen LogP contribution is 2.19. The lowest BCUT2D eigenvalue weighted by atomic mass is 10.0. The molecular formula is C21H33N. The number of nitrogens with zero attached hydrogens (tertiary/aromatic N) is 1. The molecular weight excluding hydrogens is 266 g/mol. The molecule has 1 aliphatic heterocycles. The van der Waals surface area contributed by atoms with Gasteiger partial charge in [0.15, 0.2) is 0 Å². The molecule has 0 spiro atoms. The fourth-order valence-corrected chi connectivity index (χ4v) is 3.54. The second kappa shape index (κ2) is 10.6. The second-order valence-electron chi connectivity index (χ2n) is 6.73. The van der Waals surface area contributed by atoms with E-state index in [1.165, 1.54) is 76.3 Å². The minimum Gasteiger partial charge on any atom is -0.293 e. The average Bonchev–Trinajstić information content (AvgIpc) is 2.57. The van der Waals surface area contributed by atoms with Gasteiger partial charge in [-0.25, -0.2) is 0 Å². The summed E-state index contributed by atoms with van der Waals surface area (Å²) in [6.07, 6.45) is 16.1. The van der Waals surface area contributed by atoms with Crippen LogP contribution in [0.4, 0.5) is 0 Å². The highest BCUT2D eigenvalue weighted by Gasteiger charge is 2.15. The maximum Gasteiger partial charge on any atom is 0.0279 e. The van der Waals surface area contributed by atoms with E-state index >= 15 is 0 Å². The topological polar surface area (TPSA) is 3.24 Å². The first-order valence-electron chi connectivity index (χ1n) is 9.30. The van der Waals surface area contributed by atoms with Crippen LogP contribution in [0.25, 0.3) is 0 Å². The largest absolute Gasteiger partial charge is 0.293 e. The molecule has 1 atom stereocenters. The van der Waals surface area contributed by atoms with Crippen molar-refractivity contribution < 1.29 is 0 Å². The standard InChI is InChI=1S/C21H33N/c1-2-21-17-13-8-6-4-3-5-7-9-14-18-22(21)19-20-15-11-10-12-16-20/h2,10-12,15-16,21H,1,3-9,13-14,17-19H2. The van der Waals surface area contributed by atoms with Crippen molar-refractivity contribution in [2.45, 2.75) is 76.8 Å². The summed E-state index contributed by atoms with van der Waals surface area (Å²) in [7, 11) is 0. The highest BCUT2D eigenvalue weighted by molar-refractivity contribution is 5.14. The van der Waals surface area contributed by atoms with Gasteiger partial charge in [0.2, 0.25) is 0 Å². The Hall–Kier alpha value is -1.08. The number of hydrogen-bond donors (Lipinski definition) is 0. The minimum atomic E-state index is 0.543. The van der Waals surface area contributed by atoms with Crippen molar-refractivity contribution in [3.8, 4) is 0 Å². The fraction of sp³-hybridized carbons (Fsp3) is 0.619. The lowest BCUT2D eigenvalue weighted by Gasteiger charge is -2.30. The van der Waals surface area contributed by atoms with Crippen molar-refractivity contribution in [1.29, 1.82) is 0 Å². The maximum atomic E-state index is 4.12. The Labute approximate surface area is 137 Å². The Balaban J connectivity index is 1.97. The molecule has 0 N–H and O–H groups in total. The summed E-state index contributed by atoms with van der Waals surface area (Å²) in [4.78, 5) is 2.65. The van der Waals surface area contributed by atoms with Gasteiger partial charge in [-0.15, -0.1) is 6.58 Å². The molecule has 1 heteroatoms. The van der Waals surface area contributed by atoms with Crippen molar-refractivity contribution in [1.82, 2.24) is 4.90 Å². The first kappa shape index (κ1) is 17.3. The molecule has 1 nitrogen and oxygen atoms in total. The van der Waals surface area contributed by atoms with Gasteiger partial charge in [-0.2, -0.15) is 0 Å². The Morgan fingerprint density at radius 2 is 1.45 bits per heavy atom. The molecule has 122 valence electrons. The highest BCUT2D eigenvalue weighted by atomic mass is 15.1. The van der Waals surface area contributed by atoms with Crippen LogP contribution < -0.4 is 0 Å². The van der Waals surface area contributed by atoms with Gasteiger partial charge in [-0.1, -0.05) is 87.8 Å². The Kier molecular flexibility index (Phi) is 8.33. The summed E-state index contributed by atoms with van der Waals surface area (Å²) in [5, 5.41) is 0. The molecule has 1 unspecified atom stereocenters. The third-order valence-corrected chi connectivity index (χ3v) is 4.91. The zero-order valence-corrected chi connectivity index (χ0v) is 14.2. The molecule has 0 aliphatic carbocycles. The molecule has 0 saturated carbocycles. The van der Waals surface area contributed by atoms with E-state index in [4.69, 9.17) is 0 Å².